The van der Waals surface area contributed by atoms with Crippen LogP contribution in [0.15, 0.2) is 115 Å². The lowest BCUT2D eigenvalue weighted by atomic mass is 9.67. The largest absolute Gasteiger partial charge is 0.490 e. The summed E-state index contributed by atoms with van der Waals surface area (Å²) >= 11 is 0. The quantitative estimate of drug-likeness (QED) is 0.179. The summed E-state index contributed by atoms with van der Waals surface area (Å²) in [6, 6.07) is 36.8. The molecule has 272 valence electrons. The second-order valence-electron chi connectivity index (χ2n) is 12.8. The first-order valence-electron chi connectivity index (χ1n) is 17.1. The number of hydrogen-bond acceptors (Lipinski definition) is 5. The minimum Gasteiger partial charge on any atom is -0.475 e. The Bertz CT molecular complexity index is 1740. The van der Waals surface area contributed by atoms with Crippen LogP contribution in [0.25, 0.3) is 0 Å². The lowest BCUT2D eigenvalue weighted by Gasteiger charge is -2.38. The van der Waals surface area contributed by atoms with Gasteiger partial charge in [0, 0.05) is 31.7 Å². The van der Waals surface area contributed by atoms with Crippen molar-refractivity contribution < 1.29 is 37.5 Å². The molecule has 0 unspecified atom stereocenters. The molecule has 0 aliphatic carbocycles. The Morgan fingerprint density at radius 3 is 1.67 bits per heavy atom. The number of hydrogen-bond donors (Lipinski definition) is 3. The van der Waals surface area contributed by atoms with E-state index in [4.69, 9.17) is 15.6 Å². The van der Waals surface area contributed by atoms with E-state index in [1.807, 2.05) is 78.9 Å². The molecule has 2 heterocycles. The smallest absolute Gasteiger partial charge is 0.475 e. The van der Waals surface area contributed by atoms with Gasteiger partial charge in [-0.05, 0) is 60.1 Å². The van der Waals surface area contributed by atoms with E-state index in [1.54, 1.807) is 9.80 Å². The Hall–Kier alpha value is -5.49. The maximum atomic E-state index is 14.5. The van der Waals surface area contributed by atoms with Crippen molar-refractivity contribution in [3.05, 3.63) is 138 Å². The number of carbonyl (C=O) groups is 4. The number of rotatable bonds is 9. The summed E-state index contributed by atoms with van der Waals surface area (Å²) in [5.41, 5.74) is 9.69. The van der Waals surface area contributed by atoms with Gasteiger partial charge in [0.15, 0.2) is 0 Å². The van der Waals surface area contributed by atoms with Gasteiger partial charge in [-0.15, -0.1) is 0 Å². The zero-order valence-electron chi connectivity index (χ0n) is 28.5. The third-order valence-electron chi connectivity index (χ3n) is 9.59. The number of halogens is 3. The molecular formula is C40H41F3N4O5. The van der Waals surface area contributed by atoms with Gasteiger partial charge in [-0.2, -0.15) is 13.2 Å². The van der Waals surface area contributed by atoms with Gasteiger partial charge in [0.1, 0.15) is 12.1 Å². The highest BCUT2D eigenvalue weighted by Crippen LogP contribution is 2.43. The van der Waals surface area contributed by atoms with Crippen LogP contribution in [-0.2, 0) is 31.1 Å². The molecule has 4 N–H and O–H groups in total. The van der Waals surface area contributed by atoms with Crippen LogP contribution in [-0.4, -0.2) is 69.9 Å². The molecule has 52 heavy (non-hydrogen) atoms. The first-order valence-corrected chi connectivity index (χ1v) is 17.1. The Kier molecular flexibility index (Phi) is 12.1. The number of benzene rings is 4. The van der Waals surface area contributed by atoms with Crippen LogP contribution in [0.4, 0.5) is 18.9 Å². The summed E-state index contributed by atoms with van der Waals surface area (Å²) in [5.74, 6) is -3.17. The van der Waals surface area contributed by atoms with Crippen molar-refractivity contribution >= 4 is 29.4 Å². The van der Waals surface area contributed by atoms with Crippen molar-refractivity contribution in [1.29, 1.82) is 0 Å². The molecule has 2 aliphatic heterocycles. The normalized spacial score (nSPS) is 17.2. The van der Waals surface area contributed by atoms with Crippen molar-refractivity contribution in [3.8, 4) is 0 Å². The molecule has 2 saturated heterocycles. The average molecular weight is 715 g/mol. The monoisotopic (exact) mass is 714 g/mol. The third-order valence-corrected chi connectivity index (χ3v) is 9.59. The van der Waals surface area contributed by atoms with Gasteiger partial charge in [-0.3, -0.25) is 14.4 Å². The first-order chi connectivity index (χ1) is 25.0. The van der Waals surface area contributed by atoms with E-state index >= 15 is 0 Å². The fourth-order valence-electron chi connectivity index (χ4n) is 7.12. The molecule has 4 aromatic rings. The predicted octanol–water partition coefficient (Wildman–Crippen LogP) is 6.12. The highest BCUT2D eigenvalue weighted by molar-refractivity contribution is 5.99. The number of alkyl halides is 3. The van der Waals surface area contributed by atoms with Crippen LogP contribution in [0.2, 0.25) is 0 Å². The molecule has 3 amide bonds. The standard InChI is InChI=1S/C38H40N4O3.C2HF3O2/c39-27-28-13-10-20-32(25-28)40-36(44)33-21-11-24-42(33)37(45)34-22-12-23-41(34)35(43)26-38(29-14-4-1-5-15-29,30-16-6-2-7-17-30)31-18-8-3-9-19-31;3-2(4,5)1(6)7/h1-10,13-20,25,33-34H,11-12,21-24,26-27,39H2,(H,40,44);(H,6,7)/t33-,34+;/m1./s1. The van der Waals surface area contributed by atoms with Gasteiger partial charge < -0.3 is 26.0 Å². The van der Waals surface area contributed by atoms with Crippen molar-refractivity contribution in [2.24, 2.45) is 5.73 Å². The average Bonchev–Trinajstić information content (AvgIpc) is 3.86. The molecule has 12 heteroatoms. The van der Waals surface area contributed by atoms with Gasteiger partial charge >= 0.3 is 12.1 Å². The SMILES string of the molecule is NCc1cccc(NC(=O)[C@H]2CCCN2C(=O)[C@@H]2CCCN2C(=O)CC(c2ccccc2)(c2ccccc2)c2ccccc2)c1.O=C(O)C(F)(F)F. The van der Waals surface area contributed by atoms with Gasteiger partial charge in [-0.1, -0.05) is 103 Å². The fourth-order valence-corrected chi connectivity index (χ4v) is 7.12. The van der Waals surface area contributed by atoms with E-state index < -0.39 is 29.6 Å². The summed E-state index contributed by atoms with van der Waals surface area (Å²) < 4.78 is 31.7. The molecule has 6 rings (SSSR count). The van der Waals surface area contributed by atoms with E-state index in [9.17, 15) is 27.6 Å². The summed E-state index contributed by atoms with van der Waals surface area (Å²) in [7, 11) is 0. The summed E-state index contributed by atoms with van der Waals surface area (Å²) in [6.45, 7) is 1.39. The van der Waals surface area contributed by atoms with E-state index in [1.165, 1.54) is 0 Å². The van der Waals surface area contributed by atoms with E-state index in [-0.39, 0.29) is 24.1 Å². The van der Waals surface area contributed by atoms with Crippen LogP contribution in [0, 0.1) is 0 Å². The van der Waals surface area contributed by atoms with Crippen LogP contribution in [0.5, 0.6) is 0 Å². The Morgan fingerprint density at radius 2 is 1.19 bits per heavy atom. The first kappa shape index (κ1) is 37.8. The predicted molar refractivity (Wildman–Crippen MR) is 190 cm³/mol. The van der Waals surface area contributed by atoms with E-state index in [0.717, 1.165) is 35.1 Å². The number of nitrogens with one attached hydrogen (secondary N) is 1. The van der Waals surface area contributed by atoms with Crippen LogP contribution in [0.3, 0.4) is 0 Å². The van der Waals surface area contributed by atoms with Crippen molar-refractivity contribution in [2.45, 2.75) is 62.3 Å². The summed E-state index contributed by atoms with van der Waals surface area (Å²) in [6.07, 6.45) is -2.24. The number of likely N-dealkylation sites (tertiary alicyclic amines) is 2. The number of carboxylic acid groups (broad SMARTS) is 1. The highest BCUT2D eigenvalue weighted by atomic mass is 19.4. The minimum absolute atomic E-state index is 0.0683. The van der Waals surface area contributed by atoms with Crippen molar-refractivity contribution in [1.82, 2.24) is 9.80 Å². The minimum atomic E-state index is -5.08. The molecular weight excluding hydrogens is 673 g/mol. The molecule has 2 fully saturated rings. The zero-order chi connectivity index (χ0) is 37.3. The van der Waals surface area contributed by atoms with Crippen LogP contribution in [0.1, 0.15) is 54.4 Å². The van der Waals surface area contributed by atoms with Gasteiger partial charge in [0.25, 0.3) is 0 Å². The number of amides is 3. The molecule has 0 radical (unpaired) electrons. The van der Waals surface area contributed by atoms with Crippen molar-refractivity contribution in [3.63, 3.8) is 0 Å². The Morgan fingerprint density at radius 1 is 0.712 bits per heavy atom. The van der Waals surface area contributed by atoms with E-state index in [0.29, 0.717) is 38.2 Å². The summed E-state index contributed by atoms with van der Waals surface area (Å²) in [5, 5.41) is 10.1. The number of carbonyl (C=O) groups excluding carboxylic acids is 3. The lowest BCUT2D eigenvalue weighted by molar-refractivity contribution is -0.192. The number of anilines is 1. The molecule has 9 nitrogen and oxygen atoms in total. The Balaban J connectivity index is 0.000000679. The van der Waals surface area contributed by atoms with Crippen LogP contribution < -0.4 is 11.1 Å². The number of nitrogens with zero attached hydrogens (tertiary/aromatic N) is 2. The van der Waals surface area contributed by atoms with Crippen LogP contribution >= 0.6 is 0 Å². The molecule has 4 aromatic carbocycles. The molecule has 0 bridgehead atoms. The fraction of sp³-hybridized carbons (Fsp3) is 0.300. The Labute approximate surface area is 300 Å². The van der Waals surface area contributed by atoms with Gasteiger partial charge in [-0.25, -0.2) is 4.79 Å². The second-order valence-corrected chi connectivity index (χ2v) is 12.8. The topological polar surface area (TPSA) is 133 Å². The second kappa shape index (κ2) is 16.7. The van der Waals surface area contributed by atoms with Gasteiger partial charge in [0.2, 0.25) is 17.7 Å². The van der Waals surface area contributed by atoms with E-state index in [2.05, 4.69) is 41.7 Å². The zero-order valence-corrected chi connectivity index (χ0v) is 28.5. The van der Waals surface area contributed by atoms with Crippen molar-refractivity contribution in [2.75, 3.05) is 18.4 Å². The number of carboxylic acids is 1. The number of aliphatic carboxylic acids is 1. The maximum Gasteiger partial charge on any atom is 0.490 e. The molecule has 2 aliphatic rings. The third kappa shape index (κ3) is 8.51. The summed E-state index contributed by atoms with van der Waals surface area (Å²) in [4.78, 5) is 54.4. The van der Waals surface area contributed by atoms with Gasteiger partial charge in [0.05, 0.1) is 5.41 Å². The lowest BCUT2D eigenvalue weighted by Crippen LogP contribution is -2.52. The molecule has 2 atom stereocenters. The molecule has 0 aromatic heterocycles. The molecule has 0 spiro atoms. The number of nitrogens with two attached hydrogens (primary N) is 1. The highest BCUT2D eigenvalue weighted by Gasteiger charge is 2.45. The maximum absolute atomic E-state index is 14.5. The molecule has 0 saturated carbocycles.